The molecule has 4 rings (SSSR count). The maximum absolute atomic E-state index is 14.4. The summed E-state index contributed by atoms with van der Waals surface area (Å²) < 4.78 is 5.99. The molecule has 9 atom stereocenters. The summed E-state index contributed by atoms with van der Waals surface area (Å²) in [5, 5.41) is 17.7. The van der Waals surface area contributed by atoms with Crippen LogP contribution in [-0.4, -0.2) is 148 Å². The minimum Gasteiger partial charge on any atom is -0.481 e. The standard InChI is InChI=1S/C56H87N7O10S2/c1-10-36(4)41(31-47(65)44-19-14-17-26-61(44)6)54(69)62(7)45(35(2)3)32-48(73-8)53-60-43(34-75-53)52(68)58-40(28-37(5)56(71)72)29-38-21-23-39(24-22-38)30-46(64)42(18-13-15-25-57)59-50(66)20-12-11-16-27-63-51(67)33-49(74-9)55(63)70/h21-24,34-37,40-42,44-45,48-49H,10-20,25-33,57H2,1-9H3,(H,58,68)(H,59,66)(H,71,72)/t36-,37?,40+,41?,42-,44+,45+,48+,49?/m0/s1. The summed E-state index contributed by atoms with van der Waals surface area (Å²) in [5.41, 5.74) is 7.46. The number of Topliss-reactive ketones (excluding diaryl/α,β-unsaturated/α-hetero) is 2. The van der Waals surface area contributed by atoms with Crippen LogP contribution in [0.4, 0.5) is 0 Å². The number of ether oxygens (including phenoxy) is 1. The number of aliphatic carboxylic acids is 1. The Kier molecular flexibility index (Phi) is 26.5. The smallest absolute Gasteiger partial charge is 0.306 e. The van der Waals surface area contributed by atoms with Gasteiger partial charge in [-0.2, -0.15) is 11.8 Å². The Morgan fingerprint density at radius 1 is 0.973 bits per heavy atom. The van der Waals surface area contributed by atoms with Gasteiger partial charge in [-0.15, -0.1) is 11.3 Å². The van der Waals surface area contributed by atoms with Crippen LogP contribution in [0.25, 0.3) is 0 Å². The summed E-state index contributed by atoms with van der Waals surface area (Å²) in [6.45, 7) is 11.5. The van der Waals surface area contributed by atoms with Gasteiger partial charge in [0, 0.05) is 76.2 Å². The number of imide groups is 1. The molecule has 0 radical (unpaired) electrons. The number of methoxy groups -OCH3 is 1. The Bertz CT molecular complexity index is 2210. The van der Waals surface area contributed by atoms with Crippen molar-refractivity contribution >= 4 is 70.2 Å². The van der Waals surface area contributed by atoms with Crippen molar-refractivity contribution in [3.05, 3.63) is 51.5 Å². The van der Waals surface area contributed by atoms with Gasteiger partial charge in [-0.3, -0.25) is 48.2 Å². The van der Waals surface area contributed by atoms with Crippen molar-refractivity contribution in [2.24, 2.45) is 29.4 Å². The zero-order chi connectivity index (χ0) is 55.4. The minimum absolute atomic E-state index is 0.0114. The van der Waals surface area contributed by atoms with Crippen LogP contribution in [-0.2, 0) is 51.1 Å². The molecule has 1 aromatic heterocycles. The number of nitrogens with one attached hydrogen (secondary N) is 2. The molecule has 2 aromatic rings. The number of carboxylic acid groups (broad SMARTS) is 1. The van der Waals surface area contributed by atoms with Crippen LogP contribution < -0.4 is 16.4 Å². The van der Waals surface area contributed by atoms with Gasteiger partial charge < -0.3 is 31.1 Å². The third kappa shape index (κ3) is 19.1. The lowest BCUT2D eigenvalue weighted by Crippen LogP contribution is -2.48. The van der Waals surface area contributed by atoms with Crippen LogP contribution in [0.2, 0.25) is 0 Å². The molecular formula is C56H87N7O10S2. The van der Waals surface area contributed by atoms with Crippen LogP contribution in [0.5, 0.6) is 0 Å². The predicted molar refractivity (Wildman–Crippen MR) is 294 cm³/mol. The maximum atomic E-state index is 14.4. The highest BCUT2D eigenvalue weighted by molar-refractivity contribution is 8.00. The van der Waals surface area contributed by atoms with E-state index in [-0.39, 0.29) is 102 Å². The van der Waals surface area contributed by atoms with Crippen molar-refractivity contribution in [1.82, 2.24) is 30.3 Å². The van der Waals surface area contributed by atoms with Crippen LogP contribution in [0.15, 0.2) is 29.6 Å². The number of unbranched alkanes of at least 4 members (excludes halogenated alkanes) is 3. The number of hydrogen-bond donors (Lipinski definition) is 4. The lowest BCUT2D eigenvalue weighted by molar-refractivity contribution is -0.143. The number of piperidine rings is 1. The Morgan fingerprint density at radius 2 is 1.68 bits per heavy atom. The van der Waals surface area contributed by atoms with Crippen molar-refractivity contribution in [3.8, 4) is 0 Å². The van der Waals surface area contributed by atoms with Gasteiger partial charge in [0.2, 0.25) is 23.6 Å². The van der Waals surface area contributed by atoms with Crippen molar-refractivity contribution in [2.45, 2.75) is 179 Å². The Hall–Kier alpha value is -4.56. The first kappa shape index (κ1) is 63.0. The quantitative estimate of drug-likeness (QED) is 0.0407. The minimum atomic E-state index is -0.991. The number of thioether (sulfide) groups is 1. The van der Waals surface area contributed by atoms with Crippen LogP contribution in [0, 0.1) is 23.7 Å². The van der Waals surface area contributed by atoms with Crippen molar-refractivity contribution in [1.29, 1.82) is 0 Å². The molecule has 0 saturated carbocycles. The number of amides is 5. The highest BCUT2D eigenvalue weighted by Crippen LogP contribution is 2.33. The van der Waals surface area contributed by atoms with Crippen LogP contribution >= 0.6 is 23.1 Å². The second-order valence-corrected chi connectivity index (χ2v) is 23.2. The fraction of sp³-hybridized carbons (Fsp3) is 0.696. The van der Waals surface area contributed by atoms with Gasteiger partial charge in [0.15, 0.2) is 11.6 Å². The molecule has 2 aliphatic heterocycles. The molecule has 3 heterocycles. The molecule has 0 aliphatic carbocycles. The summed E-state index contributed by atoms with van der Waals surface area (Å²) in [7, 11) is 5.38. The molecule has 418 valence electrons. The molecule has 17 nitrogen and oxygen atoms in total. The number of carbonyl (C=O) groups is 8. The number of thiazole rings is 1. The first-order valence-corrected chi connectivity index (χ1v) is 29.4. The van der Waals surface area contributed by atoms with Gasteiger partial charge >= 0.3 is 5.97 Å². The summed E-state index contributed by atoms with van der Waals surface area (Å²) >= 11 is 2.66. The number of benzene rings is 1. The van der Waals surface area contributed by atoms with Gasteiger partial charge in [-0.1, -0.05) is 78.1 Å². The molecule has 0 spiro atoms. The largest absolute Gasteiger partial charge is 0.481 e. The zero-order valence-electron chi connectivity index (χ0n) is 46.1. The van der Waals surface area contributed by atoms with Gasteiger partial charge in [-0.05, 0) is 107 Å². The number of likely N-dealkylation sites (tertiary alicyclic amines) is 2. The number of carbonyl (C=O) groups excluding carboxylic acids is 7. The van der Waals surface area contributed by atoms with E-state index < -0.39 is 41.9 Å². The van der Waals surface area contributed by atoms with Crippen molar-refractivity contribution in [2.75, 3.05) is 47.1 Å². The van der Waals surface area contributed by atoms with Crippen molar-refractivity contribution < 1.29 is 48.2 Å². The first-order valence-electron chi connectivity index (χ1n) is 27.2. The normalized spacial score (nSPS) is 19.0. The van der Waals surface area contributed by atoms with E-state index in [1.54, 1.807) is 24.3 Å². The molecule has 2 fully saturated rings. The molecule has 3 unspecified atom stereocenters. The second kappa shape index (κ2) is 31.6. The van der Waals surface area contributed by atoms with E-state index in [0.29, 0.717) is 69.5 Å². The van der Waals surface area contributed by atoms with E-state index >= 15 is 0 Å². The summed E-state index contributed by atoms with van der Waals surface area (Å²) in [6.07, 6.45) is 10.2. The SMILES string of the molecule is CC[C@H](C)C(CC(=O)[C@H]1CCCCN1C)C(=O)N(C)[C@H](C[C@@H](OC)c1nc(C(=O)N[C@@H](Cc2ccc(CC(=O)[C@H](CCCCN)NC(=O)CCCCCN3C(=O)CC(SC)C3=O)cc2)CC(C)C(=O)O)cs1)C(C)C. The van der Waals surface area contributed by atoms with Gasteiger partial charge in [0.05, 0.1) is 23.3 Å². The van der Waals surface area contributed by atoms with E-state index in [1.807, 2.05) is 58.5 Å². The number of hydrogen-bond acceptors (Lipinski definition) is 14. The predicted octanol–water partition coefficient (Wildman–Crippen LogP) is 7.04. The number of likely N-dealkylation sites (N-methyl/N-ethyl adjacent to an activating group) is 1. The number of nitrogens with zero attached hydrogens (tertiary/aromatic N) is 4. The van der Waals surface area contributed by atoms with E-state index in [2.05, 4.69) is 29.4 Å². The average molecular weight is 1080 g/mol. The summed E-state index contributed by atoms with van der Waals surface area (Å²) in [5.74, 6) is -3.23. The molecule has 2 saturated heterocycles. The number of rotatable bonds is 34. The molecule has 1 aromatic carbocycles. The fourth-order valence-corrected chi connectivity index (χ4v) is 11.8. The third-order valence-electron chi connectivity index (χ3n) is 15.3. The van der Waals surface area contributed by atoms with Crippen LogP contribution in [0.3, 0.4) is 0 Å². The number of carboxylic acids is 1. The third-order valence-corrected chi connectivity index (χ3v) is 17.2. The second-order valence-electron chi connectivity index (χ2n) is 21.3. The maximum Gasteiger partial charge on any atom is 0.306 e. The number of nitrogens with two attached hydrogens (primary N) is 1. The van der Waals surface area contributed by atoms with E-state index in [4.69, 9.17) is 15.5 Å². The number of ketones is 2. The van der Waals surface area contributed by atoms with Crippen molar-refractivity contribution in [3.63, 3.8) is 0 Å². The highest BCUT2D eigenvalue weighted by Gasteiger charge is 2.39. The average Bonchev–Trinajstić information content (AvgIpc) is 3.98. The highest BCUT2D eigenvalue weighted by atomic mass is 32.2. The Balaban J connectivity index is 1.37. The first-order chi connectivity index (χ1) is 35.7. The molecule has 0 bridgehead atoms. The molecule has 19 heteroatoms. The lowest BCUT2D eigenvalue weighted by Gasteiger charge is -2.37. The zero-order valence-corrected chi connectivity index (χ0v) is 47.7. The summed E-state index contributed by atoms with van der Waals surface area (Å²) in [4.78, 5) is 115. The molecule has 5 N–H and O–H groups in total. The molecule has 75 heavy (non-hydrogen) atoms. The number of aromatic nitrogens is 1. The van der Waals surface area contributed by atoms with E-state index in [9.17, 15) is 43.5 Å². The monoisotopic (exact) mass is 1080 g/mol. The fourth-order valence-electron chi connectivity index (χ4n) is 10.3. The topological polar surface area (TPSA) is 239 Å². The van der Waals surface area contributed by atoms with Gasteiger partial charge in [-0.25, -0.2) is 4.98 Å². The molecule has 2 aliphatic rings. The molecule has 5 amide bonds. The summed E-state index contributed by atoms with van der Waals surface area (Å²) in [6, 6.07) is 5.68. The van der Waals surface area contributed by atoms with Gasteiger partial charge in [0.25, 0.3) is 5.91 Å². The van der Waals surface area contributed by atoms with E-state index in [0.717, 1.165) is 43.4 Å². The van der Waals surface area contributed by atoms with E-state index in [1.165, 1.54) is 28.0 Å². The van der Waals surface area contributed by atoms with Gasteiger partial charge in [0.1, 0.15) is 16.8 Å². The molecular weight excluding hydrogens is 995 g/mol. The lowest BCUT2D eigenvalue weighted by atomic mass is 9.83. The van der Waals surface area contributed by atoms with Crippen LogP contribution in [0.1, 0.15) is 164 Å². The Labute approximate surface area is 454 Å². The Morgan fingerprint density at radius 3 is 2.29 bits per heavy atom.